The van der Waals surface area contributed by atoms with E-state index < -0.39 is 34.7 Å². The topological polar surface area (TPSA) is 95.7 Å². The fourth-order valence-electron chi connectivity index (χ4n) is 6.77. The minimum atomic E-state index is -1.92. The predicted octanol–water partition coefficient (Wildman–Crippen LogP) is 3.19. The molecule has 3 aliphatic heterocycles. The van der Waals surface area contributed by atoms with Crippen LogP contribution in [0.3, 0.4) is 0 Å². The molecule has 1 aromatic heterocycles. The van der Waals surface area contributed by atoms with E-state index in [1.54, 1.807) is 36.1 Å². The van der Waals surface area contributed by atoms with Crippen molar-refractivity contribution in [3.63, 3.8) is 0 Å². The SMILES string of the molecule is C=CC(C)(C)C12CC3(O)c4nc5ccccc5c(=O)n4C(C)C(=O)N3C1N(C(C)=O)c1ccccc12. The number of aliphatic hydroxyl groups is 1. The molecule has 6 rings (SSSR count). The van der Waals surface area contributed by atoms with Crippen molar-refractivity contribution in [2.75, 3.05) is 4.90 Å². The number of allylic oxidation sites excluding steroid dienone is 1. The number of amides is 2. The Kier molecular flexibility index (Phi) is 4.35. The van der Waals surface area contributed by atoms with Gasteiger partial charge in [0.15, 0.2) is 5.82 Å². The summed E-state index contributed by atoms with van der Waals surface area (Å²) in [4.78, 5) is 48.6. The second kappa shape index (κ2) is 6.91. The molecule has 0 radical (unpaired) electrons. The number of para-hydroxylation sites is 2. The number of hydrogen-bond acceptors (Lipinski definition) is 5. The van der Waals surface area contributed by atoms with Crippen molar-refractivity contribution in [3.05, 3.63) is 82.9 Å². The van der Waals surface area contributed by atoms with Crippen LogP contribution >= 0.6 is 0 Å². The maximum absolute atomic E-state index is 14.1. The number of carbonyl (C=O) groups is 2. The minimum absolute atomic E-state index is 0.0493. The molecule has 0 saturated carbocycles. The lowest BCUT2D eigenvalue weighted by atomic mass is 9.60. The lowest BCUT2D eigenvalue weighted by Crippen LogP contribution is -2.63. The van der Waals surface area contributed by atoms with Crippen molar-refractivity contribution < 1.29 is 14.7 Å². The Morgan fingerprint density at radius 3 is 2.53 bits per heavy atom. The highest BCUT2D eigenvalue weighted by Gasteiger charge is 2.74. The van der Waals surface area contributed by atoms with Gasteiger partial charge in [-0.25, -0.2) is 4.98 Å². The molecule has 3 aromatic rings. The summed E-state index contributed by atoms with van der Waals surface area (Å²) in [6.07, 6.45) is 1.04. The molecule has 4 heterocycles. The average molecular weight is 485 g/mol. The molecular weight excluding hydrogens is 456 g/mol. The van der Waals surface area contributed by atoms with Crippen LogP contribution in [-0.4, -0.2) is 37.5 Å². The molecule has 1 N–H and O–H groups in total. The van der Waals surface area contributed by atoms with Gasteiger partial charge in [-0.15, -0.1) is 6.58 Å². The van der Waals surface area contributed by atoms with Crippen LogP contribution in [0.25, 0.3) is 10.9 Å². The van der Waals surface area contributed by atoms with Crippen LogP contribution in [-0.2, 0) is 20.7 Å². The molecule has 2 aromatic carbocycles. The van der Waals surface area contributed by atoms with Crippen LogP contribution in [0.5, 0.6) is 0 Å². The molecule has 4 unspecified atom stereocenters. The molecule has 8 heteroatoms. The van der Waals surface area contributed by atoms with Gasteiger partial charge in [0, 0.05) is 19.0 Å². The Morgan fingerprint density at radius 1 is 1.17 bits per heavy atom. The maximum Gasteiger partial charge on any atom is 0.262 e. The van der Waals surface area contributed by atoms with E-state index in [1.165, 1.54) is 16.4 Å². The van der Waals surface area contributed by atoms with Crippen molar-refractivity contribution in [1.82, 2.24) is 14.5 Å². The van der Waals surface area contributed by atoms with Gasteiger partial charge in [-0.2, -0.15) is 0 Å². The summed E-state index contributed by atoms with van der Waals surface area (Å²) in [7, 11) is 0. The molecule has 0 spiro atoms. The van der Waals surface area contributed by atoms with Gasteiger partial charge < -0.3 is 5.11 Å². The number of fused-ring (bicyclic) bond motifs is 8. The minimum Gasteiger partial charge on any atom is -0.364 e. The smallest absolute Gasteiger partial charge is 0.262 e. The molecule has 184 valence electrons. The lowest BCUT2D eigenvalue weighted by molar-refractivity contribution is -0.172. The Bertz CT molecular complexity index is 1560. The summed E-state index contributed by atoms with van der Waals surface area (Å²) in [5, 5.41) is 12.9. The third-order valence-corrected chi connectivity index (χ3v) is 8.65. The average Bonchev–Trinajstić information content (AvgIpc) is 3.30. The Labute approximate surface area is 208 Å². The van der Waals surface area contributed by atoms with E-state index in [4.69, 9.17) is 4.98 Å². The van der Waals surface area contributed by atoms with Crippen molar-refractivity contribution in [2.45, 2.75) is 57.5 Å². The third-order valence-electron chi connectivity index (χ3n) is 8.65. The van der Waals surface area contributed by atoms with E-state index >= 15 is 0 Å². The van der Waals surface area contributed by atoms with Crippen LogP contribution in [0.4, 0.5) is 5.69 Å². The largest absolute Gasteiger partial charge is 0.364 e. The second-order valence-corrected chi connectivity index (χ2v) is 10.7. The van der Waals surface area contributed by atoms with Crippen LogP contribution in [0.2, 0.25) is 0 Å². The first-order chi connectivity index (χ1) is 17.0. The van der Waals surface area contributed by atoms with E-state index in [-0.39, 0.29) is 23.7 Å². The van der Waals surface area contributed by atoms with Gasteiger partial charge in [0.25, 0.3) is 5.56 Å². The van der Waals surface area contributed by atoms with Crippen molar-refractivity contribution in [3.8, 4) is 0 Å². The summed E-state index contributed by atoms with van der Waals surface area (Å²) in [6, 6.07) is 13.6. The molecule has 8 nitrogen and oxygen atoms in total. The summed E-state index contributed by atoms with van der Waals surface area (Å²) in [5.41, 5.74) is -1.84. The first kappa shape index (κ1) is 22.7. The molecule has 4 atom stereocenters. The Balaban J connectivity index is 1.74. The van der Waals surface area contributed by atoms with Gasteiger partial charge >= 0.3 is 0 Å². The van der Waals surface area contributed by atoms with Crippen LogP contribution in [0.1, 0.15) is 51.5 Å². The molecular formula is C28H28N4O4. The van der Waals surface area contributed by atoms with Gasteiger partial charge in [-0.3, -0.25) is 28.8 Å². The molecule has 0 bridgehead atoms. The molecule has 2 amide bonds. The van der Waals surface area contributed by atoms with Crippen molar-refractivity contribution >= 4 is 28.4 Å². The number of carbonyl (C=O) groups excluding carboxylic acids is 2. The van der Waals surface area contributed by atoms with E-state index in [0.717, 1.165) is 5.56 Å². The predicted molar refractivity (Wildman–Crippen MR) is 135 cm³/mol. The molecule has 36 heavy (non-hydrogen) atoms. The van der Waals surface area contributed by atoms with E-state index in [0.29, 0.717) is 16.6 Å². The van der Waals surface area contributed by atoms with Crippen LogP contribution in [0.15, 0.2) is 66.0 Å². The van der Waals surface area contributed by atoms with Gasteiger partial charge in [0.1, 0.15) is 12.2 Å². The molecule has 1 fully saturated rings. The van der Waals surface area contributed by atoms with Gasteiger partial charge in [0.05, 0.1) is 16.3 Å². The maximum atomic E-state index is 14.1. The number of benzene rings is 2. The highest BCUT2D eigenvalue weighted by atomic mass is 16.3. The van der Waals surface area contributed by atoms with Gasteiger partial charge in [-0.05, 0) is 36.1 Å². The second-order valence-electron chi connectivity index (χ2n) is 10.7. The summed E-state index contributed by atoms with van der Waals surface area (Å²) in [6.45, 7) is 11.2. The molecule has 1 saturated heterocycles. The summed E-state index contributed by atoms with van der Waals surface area (Å²) in [5.74, 6) is -0.559. The van der Waals surface area contributed by atoms with E-state index in [2.05, 4.69) is 6.58 Å². The van der Waals surface area contributed by atoms with Crippen molar-refractivity contribution in [1.29, 1.82) is 0 Å². The van der Waals surface area contributed by atoms with Crippen LogP contribution in [0, 0.1) is 5.41 Å². The third kappa shape index (κ3) is 2.38. The number of nitrogens with zero attached hydrogens (tertiary/aromatic N) is 4. The first-order valence-electron chi connectivity index (χ1n) is 12.1. The standard InChI is InChI=1S/C28H28N4O4/c1-6-26(4,5)27-15-28(36)24-29-20-13-9-7-11-18(20)23(35)30(24)16(2)22(34)32(28)25(27)31(17(3)33)21-14-10-8-12-19(21)27/h6-14,16,25,36H,1,15H2,2-5H3. The highest BCUT2D eigenvalue weighted by Crippen LogP contribution is 2.66. The van der Waals surface area contributed by atoms with E-state index in [9.17, 15) is 19.5 Å². The Hall–Kier alpha value is -3.78. The zero-order valence-corrected chi connectivity index (χ0v) is 20.7. The number of anilines is 1. The van der Waals surface area contributed by atoms with E-state index in [1.807, 2.05) is 44.2 Å². The highest BCUT2D eigenvalue weighted by molar-refractivity contribution is 5.98. The fourth-order valence-corrected chi connectivity index (χ4v) is 6.77. The normalized spacial score (nSPS) is 28.5. The number of aromatic nitrogens is 2. The lowest BCUT2D eigenvalue weighted by Gasteiger charge is -2.46. The quantitative estimate of drug-likeness (QED) is 0.564. The molecule has 3 aliphatic rings. The number of hydrogen-bond donors (Lipinski definition) is 1. The summed E-state index contributed by atoms with van der Waals surface area (Å²) >= 11 is 0. The zero-order valence-electron chi connectivity index (χ0n) is 20.7. The summed E-state index contributed by atoms with van der Waals surface area (Å²) < 4.78 is 1.32. The van der Waals surface area contributed by atoms with Crippen molar-refractivity contribution in [2.24, 2.45) is 5.41 Å². The Morgan fingerprint density at radius 2 is 1.83 bits per heavy atom. The monoisotopic (exact) mass is 484 g/mol. The van der Waals surface area contributed by atoms with Gasteiger partial charge in [-0.1, -0.05) is 50.3 Å². The number of rotatable bonds is 2. The fraction of sp³-hybridized carbons (Fsp3) is 0.357. The first-order valence-corrected chi connectivity index (χ1v) is 12.1. The zero-order chi connectivity index (χ0) is 25.8. The van der Waals surface area contributed by atoms with Crippen LogP contribution < -0.4 is 10.5 Å². The van der Waals surface area contributed by atoms with Gasteiger partial charge in [0.2, 0.25) is 17.5 Å². The molecule has 0 aliphatic carbocycles.